The number of halogens is 2. The number of rotatable bonds is 18. The fraction of sp³-hybridized carbons (Fsp3) is 0.204. The van der Waals surface area contributed by atoms with Crippen molar-refractivity contribution >= 4 is 39.0 Å². The molecule has 4 aromatic heterocycles. The first-order valence-electron chi connectivity index (χ1n) is 20.3. The van der Waals surface area contributed by atoms with Crippen LogP contribution in [-0.2, 0) is 17.6 Å². The van der Waals surface area contributed by atoms with Gasteiger partial charge < -0.3 is 40.3 Å². The summed E-state index contributed by atoms with van der Waals surface area (Å²) >= 11 is 0. The highest BCUT2D eigenvalue weighted by molar-refractivity contribution is 6.02. The number of hydrogen-bond donors (Lipinski definition) is 6. The molecule has 0 amide bonds. The summed E-state index contributed by atoms with van der Waals surface area (Å²) < 4.78 is 40.6. The summed E-state index contributed by atoms with van der Waals surface area (Å²) in [5.41, 5.74) is 6.88. The van der Waals surface area contributed by atoms with Crippen LogP contribution in [0.15, 0.2) is 134 Å². The molecule has 0 aliphatic carbocycles. The topological polar surface area (TPSA) is 157 Å². The third kappa shape index (κ3) is 8.58. The largest absolute Gasteiger partial charge is 0.495 e. The number of anilines is 2. The number of fused-ring (bicyclic) bond motifs is 2. The first-order valence-corrected chi connectivity index (χ1v) is 20.3. The second-order valence-corrected chi connectivity index (χ2v) is 15.0. The van der Waals surface area contributed by atoms with Crippen molar-refractivity contribution in [3.63, 3.8) is 0 Å². The molecule has 4 unspecified atom stereocenters. The Morgan fingerprint density at radius 3 is 1.44 bits per heavy atom. The summed E-state index contributed by atoms with van der Waals surface area (Å²) in [5, 5.41) is 28.8. The van der Waals surface area contributed by atoms with E-state index < -0.39 is 35.6 Å². The van der Waals surface area contributed by atoms with Crippen molar-refractivity contribution in [3.8, 4) is 11.5 Å². The molecule has 6 N–H and O–H groups in total. The Hall–Kier alpha value is -7.09. The summed E-state index contributed by atoms with van der Waals surface area (Å²) in [6, 6.07) is 25.5. The number of aromatic amines is 2. The van der Waals surface area contributed by atoms with Gasteiger partial charge in [0.15, 0.2) is 5.78 Å². The molecule has 0 saturated heterocycles. The molecule has 8 rings (SSSR count). The van der Waals surface area contributed by atoms with E-state index in [1.807, 2.05) is 48.8 Å². The van der Waals surface area contributed by atoms with Gasteiger partial charge in [-0.2, -0.15) is 0 Å². The van der Waals surface area contributed by atoms with E-state index in [-0.39, 0.29) is 19.0 Å². The van der Waals surface area contributed by atoms with Crippen LogP contribution in [0.3, 0.4) is 0 Å². The number of aliphatic hydroxyl groups is 2. The zero-order valence-electron chi connectivity index (χ0n) is 34.1. The molecule has 0 radical (unpaired) electrons. The number of H-pyrrole nitrogens is 2. The highest BCUT2D eigenvalue weighted by Crippen LogP contribution is 2.47. The molecular weight excluding hydrogens is 791 g/mol. The van der Waals surface area contributed by atoms with Gasteiger partial charge in [0.25, 0.3) is 0 Å². The Bertz CT molecular complexity index is 2600. The van der Waals surface area contributed by atoms with E-state index in [0.29, 0.717) is 58.0 Å². The second-order valence-electron chi connectivity index (χ2n) is 15.0. The zero-order chi connectivity index (χ0) is 43.2. The number of ether oxygens (including phenoxy) is 2. The maximum Gasteiger partial charge on any atom is 0.152 e. The van der Waals surface area contributed by atoms with Crippen LogP contribution in [0.4, 0.5) is 20.2 Å². The first-order chi connectivity index (χ1) is 30.3. The molecule has 316 valence electrons. The second kappa shape index (κ2) is 18.7. The number of carbonyl (C=O) groups is 1. The van der Waals surface area contributed by atoms with Crippen LogP contribution in [0.5, 0.6) is 11.5 Å². The first kappa shape index (κ1) is 41.6. The fourth-order valence-corrected chi connectivity index (χ4v) is 8.47. The van der Waals surface area contributed by atoms with Crippen molar-refractivity contribution in [2.24, 2.45) is 0 Å². The summed E-state index contributed by atoms with van der Waals surface area (Å²) in [7, 11) is 3.08. The maximum atomic E-state index is 16.7. The van der Waals surface area contributed by atoms with E-state index in [9.17, 15) is 19.0 Å². The van der Waals surface area contributed by atoms with Gasteiger partial charge in [0, 0.05) is 59.5 Å². The van der Waals surface area contributed by atoms with E-state index in [4.69, 9.17) is 9.47 Å². The van der Waals surface area contributed by atoms with Gasteiger partial charge in [-0.1, -0.05) is 60.7 Å². The standard InChI is InChI=1S/C49H46F2N6O5/c1-61-37-21-35(23-52-25-37)56-47(31-9-13-33(50)14-10-31)43(41-27-54-45-29(17-19-58)5-3-7-39(41)45)49(60)44(42-28-55-46-30(18-20-59)6-4-8-40(42)46)48(32-11-15-34(51)16-12-32)57-36-22-38(62-2)26-53-24-36/h3-16,21-28,43-44,47-48,54-59H,17-20H2,1-2H3. The predicted octanol–water partition coefficient (Wildman–Crippen LogP) is 8.95. The van der Waals surface area contributed by atoms with Crippen LogP contribution in [-0.4, -0.2) is 63.4 Å². The smallest absolute Gasteiger partial charge is 0.152 e. The molecule has 0 fully saturated rings. The minimum atomic E-state index is -1.02. The lowest BCUT2D eigenvalue weighted by molar-refractivity contribution is -0.122. The predicted molar refractivity (Wildman–Crippen MR) is 236 cm³/mol. The molecule has 0 spiro atoms. The quantitative estimate of drug-likeness (QED) is 0.0497. The third-order valence-electron chi connectivity index (χ3n) is 11.4. The number of ketones is 1. The van der Waals surface area contributed by atoms with Crippen molar-refractivity contribution in [2.45, 2.75) is 36.8 Å². The van der Waals surface area contributed by atoms with Crippen molar-refractivity contribution in [1.82, 2.24) is 19.9 Å². The number of para-hydroxylation sites is 2. The Balaban J connectivity index is 1.42. The van der Waals surface area contributed by atoms with Gasteiger partial charge in [0.1, 0.15) is 23.1 Å². The maximum absolute atomic E-state index is 16.7. The number of aromatic nitrogens is 4. The van der Waals surface area contributed by atoms with Crippen LogP contribution in [0.2, 0.25) is 0 Å². The van der Waals surface area contributed by atoms with Crippen LogP contribution in [0.25, 0.3) is 21.8 Å². The minimum Gasteiger partial charge on any atom is -0.495 e. The van der Waals surface area contributed by atoms with Gasteiger partial charge in [0.2, 0.25) is 0 Å². The van der Waals surface area contributed by atoms with Gasteiger partial charge in [-0.3, -0.25) is 14.8 Å². The third-order valence-corrected chi connectivity index (χ3v) is 11.4. The molecule has 4 atom stereocenters. The van der Waals surface area contributed by atoms with Crippen molar-refractivity contribution in [1.29, 1.82) is 0 Å². The van der Waals surface area contributed by atoms with Crippen molar-refractivity contribution in [3.05, 3.63) is 179 Å². The lowest BCUT2D eigenvalue weighted by Crippen LogP contribution is -2.34. The van der Waals surface area contributed by atoms with E-state index in [2.05, 4.69) is 30.6 Å². The number of hydrogen-bond acceptors (Lipinski definition) is 9. The Labute approximate surface area is 356 Å². The molecule has 8 aromatic rings. The number of nitrogens with zero attached hydrogens (tertiary/aromatic N) is 2. The average molecular weight is 837 g/mol. The fourth-order valence-electron chi connectivity index (χ4n) is 8.47. The molecule has 0 aliphatic rings. The van der Waals surface area contributed by atoms with Crippen LogP contribution >= 0.6 is 0 Å². The zero-order valence-corrected chi connectivity index (χ0v) is 34.1. The van der Waals surface area contributed by atoms with Crippen molar-refractivity contribution < 1.29 is 33.3 Å². The van der Waals surface area contributed by atoms with Crippen LogP contribution in [0.1, 0.15) is 57.3 Å². The summed E-state index contributed by atoms with van der Waals surface area (Å²) in [6.45, 7) is -0.160. The molecule has 13 heteroatoms. The average Bonchev–Trinajstić information content (AvgIpc) is 3.93. The molecule has 0 saturated carbocycles. The van der Waals surface area contributed by atoms with Gasteiger partial charge >= 0.3 is 0 Å². The highest BCUT2D eigenvalue weighted by atomic mass is 19.1. The number of pyridine rings is 2. The number of nitrogens with one attached hydrogen (secondary N) is 4. The van der Waals surface area contributed by atoms with E-state index in [0.717, 1.165) is 32.9 Å². The molecule has 0 bridgehead atoms. The molecule has 11 nitrogen and oxygen atoms in total. The lowest BCUT2D eigenvalue weighted by Gasteiger charge is -2.35. The number of methoxy groups -OCH3 is 2. The monoisotopic (exact) mass is 836 g/mol. The van der Waals surface area contributed by atoms with Gasteiger partial charge in [-0.15, -0.1) is 0 Å². The van der Waals surface area contributed by atoms with Gasteiger partial charge in [-0.05, 0) is 70.5 Å². The molecular formula is C49H46F2N6O5. The Kier molecular flexibility index (Phi) is 12.5. The van der Waals surface area contributed by atoms with Gasteiger partial charge in [-0.25, -0.2) is 8.78 Å². The molecule has 4 heterocycles. The summed E-state index contributed by atoms with van der Waals surface area (Å²) in [4.78, 5) is 32.4. The number of carbonyl (C=O) groups excluding carboxylic acids is 1. The summed E-state index contributed by atoms with van der Waals surface area (Å²) in [6.07, 6.45) is 10.8. The number of Topliss-reactive ketones (excluding diaryl/α,β-unsaturated/α-hetero) is 1. The number of aliphatic hydroxyl groups excluding tert-OH is 2. The normalized spacial score (nSPS) is 13.4. The Morgan fingerprint density at radius 1 is 0.629 bits per heavy atom. The molecule has 62 heavy (non-hydrogen) atoms. The Morgan fingerprint density at radius 2 is 1.05 bits per heavy atom. The molecule has 0 aliphatic heterocycles. The van der Waals surface area contributed by atoms with Crippen LogP contribution in [0, 0.1) is 11.6 Å². The van der Waals surface area contributed by atoms with Gasteiger partial charge in [0.05, 0.1) is 74.3 Å². The number of benzene rings is 4. The lowest BCUT2D eigenvalue weighted by atomic mass is 9.73. The van der Waals surface area contributed by atoms with E-state index in [1.165, 1.54) is 24.3 Å². The van der Waals surface area contributed by atoms with Crippen molar-refractivity contribution in [2.75, 3.05) is 38.1 Å². The molecule has 4 aromatic carbocycles. The highest BCUT2D eigenvalue weighted by Gasteiger charge is 2.43. The minimum absolute atomic E-state index is 0.0799. The van der Waals surface area contributed by atoms with Crippen LogP contribution < -0.4 is 20.1 Å². The van der Waals surface area contributed by atoms with E-state index >= 15 is 4.79 Å². The SMILES string of the molecule is COc1cncc(NC(c2ccc(F)cc2)C(C(=O)C(c2c[nH]c3c(CCO)cccc23)C(Nc2cncc(OC)c2)c2ccc(F)cc2)c2c[nH]c3c(CCO)cccc23)c1. The summed E-state index contributed by atoms with van der Waals surface area (Å²) in [5.74, 6) is -2.20. The van der Waals surface area contributed by atoms with E-state index in [1.54, 1.807) is 75.4 Å².